The predicted molar refractivity (Wildman–Crippen MR) is 78.4 cm³/mol. The second kappa shape index (κ2) is 7.61. The van der Waals surface area contributed by atoms with E-state index in [1.165, 1.54) is 45.2 Å². The van der Waals surface area contributed by atoms with Crippen LogP contribution in [0.3, 0.4) is 0 Å². The third-order valence-electron chi connectivity index (χ3n) is 4.41. The third-order valence-corrected chi connectivity index (χ3v) is 5.28. The standard InChI is InChI=1S/C14H28N2OS/c1-18(17)11-5-9-16-10-8-15-14(12-16)13-6-3-2-4-7-13/h13-15H,2-12H2,1H3. The molecule has 2 aliphatic rings. The molecule has 0 bridgehead atoms. The minimum Gasteiger partial charge on any atom is -0.311 e. The van der Waals surface area contributed by atoms with Gasteiger partial charge in [-0.3, -0.25) is 4.21 Å². The molecule has 0 aromatic rings. The van der Waals surface area contributed by atoms with Crippen LogP contribution in [0.2, 0.25) is 0 Å². The average Bonchev–Trinajstić information content (AvgIpc) is 2.40. The molecule has 0 aromatic heterocycles. The van der Waals surface area contributed by atoms with Crippen LogP contribution in [0.25, 0.3) is 0 Å². The molecule has 1 aliphatic heterocycles. The Kier molecular flexibility index (Phi) is 6.12. The number of nitrogens with zero attached hydrogens (tertiary/aromatic N) is 1. The highest BCUT2D eigenvalue weighted by atomic mass is 32.2. The first-order valence-corrected chi connectivity index (χ1v) is 9.24. The van der Waals surface area contributed by atoms with Gasteiger partial charge in [-0.05, 0) is 31.7 Å². The lowest BCUT2D eigenvalue weighted by molar-refractivity contribution is 0.147. The second-order valence-electron chi connectivity index (χ2n) is 5.89. The van der Waals surface area contributed by atoms with Gasteiger partial charge in [0.1, 0.15) is 0 Å². The lowest BCUT2D eigenvalue weighted by Crippen LogP contribution is -2.54. The summed E-state index contributed by atoms with van der Waals surface area (Å²) in [7, 11) is -0.625. The summed E-state index contributed by atoms with van der Waals surface area (Å²) in [4.78, 5) is 2.57. The van der Waals surface area contributed by atoms with Crippen molar-refractivity contribution in [1.29, 1.82) is 0 Å². The van der Waals surface area contributed by atoms with Crippen molar-refractivity contribution in [1.82, 2.24) is 10.2 Å². The number of nitrogens with one attached hydrogen (secondary N) is 1. The van der Waals surface area contributed by atoms with Crippen molar-refractivity contribution >= 4 is 10.8 Å². The van der Waals surface area contributed by atoms with Gasteiger partial charge in [-0.2, -0.15) is 0 Å². The van der Waals surface area contributed by atoms with Gasteiger partial charge in [0, 0.05) is 48.5 Å². The van der Waals surface area contributed by atoms with E-state index in [4.69, 9.17) is 0 Å². The zero-order chi connectivity index (χ0) is 12.8. The fourth-order valence-electron chi connectivity index (χ4n) is 3.39. The van der Waals surface area contributed by atoms with E-state index in [0.29, 0.717) is 6.04 Å². The van der Waals surface area contributed by atoms with Crippen molar-refractivity contribution in [2.45, 2.75) is 44.6 Å². The van der Waals surface area contributed by atoms with Crippen LogP contribution >= 0.6 is 0 Å². The van der Waals surface area contributed by atoms with E-state index < -0.39 is 10.8 Å². The van der Waals surface area contributed by atoms with Crippen molar-refractivity contribution in [3.63, 3.8) is 0 Å². The number of hydrogen-bond donors (Lipinski definition) is 1. The van der Waals surface area contributed by atoms with Gasteiger partial charge in [-0.15, -0.1) is 0 Å². The summed E-state index contributed by atoms with van der Waals surface area (Å²) in [5.41, 5.74) is 0. The molecule has 1 heterocycles. The van der Waals surface area contributed by atoms with Crippen molar-refractivity contribution in [3.8, 4) is 0 Å². The number of piperazine rings is 1. The fraction of sp³-hybridized carbons (Fsp3) is 1.00. The molecule has 0 radical (unpaired) electrons. The van der Waals surface area contributed by atoms with Crippen LogP contribution in [0.4, 0.5) is 0 Å². The van der Waals surface area contributed by atoms with E-state index in [1.54, 1.807) is 0 Å². The molecule has 1 saturated carbocycles. The lowest BCUT2D eigenvalue weighted by atomic mass is 9.83. The summed E-state index contributed by atoms with van der Waals surface area (Å²) in [5.74, 6) is 1.76. The van der Waals surface area contributed by atoms with Crippen LogP contribution in [-0.2, 0) is 10.8 Å². The monoisotopic (exact) mass is 272 g/mol. The molecule has 2 rings (SSSR count). The molecule has 0 spiro atoms. The summed E-state index contributed by atoms with van der Waals surface area (Å²) in [6.45, 7) is 4.64. The van der Waals surface area contributed by atoms with E-state index in [2.05, 4.69) is 10.2 Å². The van der Waals surface area contributed by atoms with Crippen LogP contribution in [0.5, 0.6) is 0 Å². The Bertz CT molecular complexity index is 267. The Hall–Kier alpha value is 0.0700. The quantitative estimate of drug-likeness (QED) is 0.825. The Morgan fingerprint density at radius 3 is 2.78 bits per heavy atom. The maximum Gasteiger partial charge on any atom is 0.0244 e. The first-order valence-electron chi connectivity index (χ1n) is 7.51. The van der Waals surface area contributed by atoms with E-state index >= 15 is 0 Å². The van der Waals surface area contributed by atoms with Gasteiger partial charge < -0.3 is 10.2 Å². The van der Waals surface area contributed by atoms with E-state index in [9.17, 15) is 4.21 Å². The summed E-state index contributed by atoms with van der Waals surface area (Å²) in [6.07, 6.45) is 10.0. The van der Waals surface area contributed by atoms with E-state index in [-0.39, 0.29) is 0 Å². The fourth-order valence-corrected chi connectivity index (χ4v) is 3.92. The first kappa shape index (κ1) is 14.5. The number of rotatable bonds is 5. The normalized spacial score (nSPS) is 29.3. The summed E-state index contributed by atoms with van der Waals surface area (Å²) < 4.78 is 11.1. The third kappa shape index (κ3) is 4.63. The molecule has 1 N–H and O–H groups in total. The Labute approximate surface area is 114 Å². The van der Waals surface area contributed by atoms with Gasteiger partial charge in [-0.25, -0.2) is 0 Å². The molecule has 2 atom stereocenters. The summed E-state index contributed by atoms with van der Waals surface area (Å²) in [6, 6.07) is 0.714. The average molecular weight is 272 g/mol. The Morgan fingerprint density at radius 2 is 2.06 bits per heavy atom. The molecule has 4 heteroatoms. The molecular formula is C14H28N2OS. The number of hydrogen-bond acceptors (Lipinski definition) is 3. The zero-order valence-electron chi connectivity index (χ0n) is 11.7. The van der Waals surface area contributed by atoms with Gasteiger partial charge in [0.05, 0.1) is 0 Å². The van der Waals surface area contributed by atoms with Gasteiger partial charge in [0.25, 0.3) is 0 Å². The predicted octanol–water partition coefficient (Wildman–Crippen LogP) is 1.61. The van der Waals surface area contributed by atoms with Crippen molar-refractivity contribution < 1.29 is 4.21 Å². The Morgan fingerprint density at radius 1 is 1.28 bits per heavy atom. The molecule has 0 aromatic carbocycles. The minimum atomic E-state index is -0.625. The van der Waals surface area contributed by atoms with Gasteiger partial charge in [0.2, 0.25) is 0 Å². The van der Waals surface area contributed by atoms with E-state index in [0.717, 1.165) is 31.2 Å². The molecule has 1 aliphatic carbocycles. The highest BCUT2D eigenvalue weighted by molar-refractivity contribution is 7.84. The van der Waals surface area contributed by atoms with Crippen molar-refractivity contribution in [3.05, 3.63) is 0 Å². The van der Waals surface area contributed by atoms with Gasteiger partial charge >= 0.3 is 0 Å². The lowest BCUT2D eigenvalue weighted by Gasteiger charge is -2.39. The molecular weight excluding hydrogens is 244 g/mol. The molecule has 3 nitrogen and oxygen atoms in total. The SMILES string of the molecule is CS(=O)CCCN1CCNC(C2CCCCC2)C1. The van der Waals surface area contributed by atoms with Crippen molar-refractivity contribution in [2.24, 2.45) is 5.92 Å². The highest BCUT2D eigenvalue weighted by Gasteiger charge is 2.27. The molecule has 2 fully saturated rings. The van der Waals surface area contributed by atoms with Crippen molar-refractivity contribution in [2.75, 3.05) is 38.2 Å². The molecule has 1 saturated heterocycles. The maximum atomic E-state index is 11.1. The molecule has 18 heavy (non-hydrogen) atoms. The van der Waals surface area contributed by atoms with Crippen LogP contribution in [0, 0.1) is 5.92 Å². The van der Waals surface area contributed by atoms with Crippen LogP contribution in [0.1, 0.15) is 38.5 Å². The minimum absolute atomic E-state index is 0.625. The highest BCUT2D eigenvalue weighted by Crippen LogP contribution is 2.27. The van der Waals surface area contributed by atoms with Gasteiger partial charge in [0.15, 0.2) is 0 Å². The largest absolute Gasteiger partial charge is 0.311 e. The second-order valence-corrected chi connectivity index (χ2v) is 7.44. The molecule has 0 amide bonds. The zero-order valence-corrected chi connectivity index (χ0v) is 12.5. The first-order chi connectivity index (χ1) is 8.75. The molecule has 106 valence electrons. The van der Waals surface area contributed by atoms with E-state index in [1.807, 2.05) is 6.26 Å². The summed E-state index contributed by atoms with van der Waals surface area (Å²) in [5, 5.41) is 3.72. The molecule has 2 unspecified atom stereocenters. The van der Waals surface area contributed by atoms with Crippen LogP contribution in [-0.4, -0.2) is 53.3 Å². The Balaban J connectivity index is 1.71. The smallest absolute Gasteiger partial charge is 0.0244 e. The summed E-state index contributed by atoms with van der Waals surface area (Å²) >= 11 is 0. The van der Waals surface area contributed by atoms with Crippen LogP contribution < -0.4 is 5.32 Å². The topological polar surface area (TPSA) is 32.3 Å². The van der Waals surface area contributed by atoms with Crippen LogP contribution in [0.15, 0.2) is 0 Å². The van der Waals surface area contributed by atoms with Gasteiger partial charge in [-0.1, -0.05) is 19.3 Å². The maximum absolute atomic E-state index is 11.1.